The highest BCUT2D eigenvalue weighted by molar-refractivity contribution is 9.10. The normalized spacial score (nSPS) is 20.6. The molecular weight excluding hydrogens is 450 g/mol. The standard InChI is InChI=1S/C26H26BrN3O/c1-15-9-10-17(16(2)11-15)23-18(14-28)25(29)30(20-8-6-5-7-19(20)27)21-12-26(3,4)13-22(31)24(21)23/h5-11,23H,12-13,29H2,1-4H3. The molecule has 1 aliphatic heterocycles. The van der Waals surface area contributed by atoms with Crippen LogP contribution in [0.5, 0.6) is 0 Å². The van der Waals surface area contributed by atoms with Crippen LogP contribution in [0.4, 0.5) is 5.69 Å². The quantitative estimate of drug-likeness (QED) is 0.577. The lowest BCUT2D eigenvalue weighted by Gasteiger charge is -2.44. The van der Waals surface area contributed by atoms with Crippen molar-refractivity contribution in [1.29, 1.82) is 5.26 Å². The number of hydrogen-bond donors (Lipinski definition) is 1. The Balaban J connectivity index is 2.04. The SMILES string of the molecule is Cc1ccc(C2C(C#N)=C(N)N(c3ccccc3Br)C3=C2C(=O)CC(C)(C)C3)c(C)c1. The molecule has 0 aromatic heterocycles. The van der Waals surface area contributed by atoms with Gasteiger partial charge in [-0.3, -0.25) is 9.69 Å². The Morgan fingerprint density at radius 2 is 1.87 bits per heavy atom. The predicted octanol–water partition coefficient (Wildman–Crippen LogP) is 6.01. The smallest absolute Gasteiger partial charge is 0.162 e. The third kappa shape index (κ3) is 3.59. The van der Waals surface area contributed by atoms with E-state index >= 15 is 0 Å². The largest absolute Gasteiger partial charge is 0.384 e. The summed E-state index contributed by atoms with van der Waals surface area (Å²) in [5.74, 6) is 0.0418. The molecule has 31 heavy (non-hydrogen) atoms. The van der Waals surface area contributed by atoms with Crippen LogP contribution >= 0.6 is 15.9 Å². The van der Waals surface area contributed by atoms with Crippen molar-refractivity contribution in [2.24, 2.45) is 11.1 Å². The molecule has 1 unspecified atom stereocenters. The number of carbonyl (C=O) groups excluding carboxylic acids is 1. The predicted molar refractivity (Wildman–Crippen MR) is 127 cm³/mol. The molecule has 1 aliphatic carbocycles. The Morgan fingerprint density at radius 1 is 1.16 bits per heavy atom. The lowest BCUT2D eigenvalue weighted by atomic mass is 9.68. The van der Waals surface area contributed by atoms with Crippen molar-refractivity contribution >= 4 is 27.4 Å². The molecule has 4 nitrogen and oxygen atoms in total. The minimum absolute atomic E-state index is 0.0912. The number of benzene rings is 2. The van der Waals surface area contributed by atoms with Gasteiger partial charge >= 0.3 is 0 Å². The van der Waals surface area contributed by atoms with E-state index < -0.39 is 5.92 Å². The number of carbonyl (C=O) groups is 1. The van der Waals surface area contributed by atoms with Gasteiger partial charge in [0, 0.05) is 22.2 Å². The Labute approximate surface area is 192 Å². The molecule has 2 aliphatic rings. The van der Waals surface area contributed by atoms with Gasteiger partial charge < -0.3 is 5.73 Å². The molecule has 0 radical (unpaired) electrons. The van der Waals surface area contributed by atoms with E-state index in [0.717, 1.165) is 32.5 Å². The number of aryl methyl sites for hydroxylation is 2. The highest BCUT2D eigenvalue weighted by Gasteiger charge is 2.45. The zero-order valence-corrected chi connectivity index (χ0v) is 19.9. The minimum Gasteiger partial charge on any atom is -0.384 e. The van der Waals surface area contributed by atoms with Crippen LogP contribution in [0.3, 0.4) is 0 Å². The molecule has 0 bridgehead atoms. The second-order valence-electron chi connectivity index (χ2n) is 9.29. The van der Waals surface area contributed by atoms with Crippen molar-refractivity contribution in [2.45, 2.75) is 46.5 Å². The number of nitrogens with zero attached hydrogens (tertiary/aromatic N) is 2. The first-order valence-corrected chi connectivity index (χ1v) is 11.2. The van der Waals surface area contributed by atoms with Gasteiger partial charge in [0.15, 0.2) is 5.78 Å². The van der Waals surface area contributed by atoms with E-state index in [1.54, 1.807) is 0 Å². The summed E-state index contributed by atoms with van der Waals surface area (Å²) in [6.07, 6.45) is 1.16. The van der Waals surface area contributed by atoms with E-state index in [2.05, 4.69) is 41.9 Å². The first-order chi connectivity index (χ1) is 14.6. The molecular formula is C26H26BrN3O. The highest BCUT2D eigenvalue weighted by atomic mass is 79.9. The number of hydrogen-bond acceptors (Lipinski definition) is 4. The third-order valence-electron chi connectivity index (χ3n) is 6.21. The fourth-order valence-electron chi connectivity index (χ4n) is 4.88. The molecule has 5 heteroatoms. The number of nitrogens with two attached hydrogens (primary N) is 1. The van der Waals surface area contributed by atoms with Crippen LogP contribution in [0.1, 0.15) is 49.3 Å². The summed E-state index contributed by atoms with van der Waals surface area (Å²) in [5.41, 5.74) is 12.6. The molecule has 4 rings (SSSR count). The van der Waals surface area contributed by atoms with Gasteiger partial charge in [-0.05, 0) is 64.9 Å². The zero-order valence-electron chi connectivity index (χ0n) is 18.3. The van der Waals surface area contributed by atoms with Crippen molar-refractivity contribution in [2.75, 3.05) is 4.90 Å². The number of para-hydroxylation sites is 1. The average molecular weight is 476 g/mol. The molecule has 1 heterocycles. The molecule has 0 saturated heterocycles. The van der Waals surface area contributed by atoms with E-state index in [4.69, 9.17) is 5.73 Å². The van der Waals surface area contributed by atoms with Crippen LogP contribution in [0, 0.1) is 30.6 Å². The second kappa shape index (κ2) is 7.69. The number of anilines is 1. The van der Waals surface area contributed by atoms with Gasteiger partial charge in [-0.1, -0.05) is 49.7 Å². The molecule has 158 valence electrons. The van der Waals surface area contributed by atoms with Gasteiger partial charge in [0.2, 0.25) is 0 Å². The lowest BCUT2D eigenvalue weighted by Crippen LogP contribution is -2.42. The highest BCUT2D eigenvalue weighted by Crippen LogP contribution is 2.51. The number of ketones is 1. The molecule has 2 aromatic rings. The first kappa shape index (κ1) is 21.4. The van der Waals surface area contributed by atoms with E-state index in [1.165, 1.54) is 0 Å². The Hall–Kier alpha value is -2.84. The lowest BCUT2D eigenvalue weighted by molar-refractivity contribution is -0.118. The molecule has 2 aromatic carbocycles. The van der Waals surface area contributed by atoms with Crippen LogP contribution in [-0.2, 0) is 4.79 Å². The van der Waals surface area contributed by atoms with Gasteiger partial charge in [0.05, 0.1) is 23.2 Å². The van der Waals surface area contributed by atoms with E-state index in [0.29, 0.717) is 29.8 Å². The maximum Gasteiger partial charge on any atom is 0.162 e. The molecule has 0 fully saturated rings. The van der Waals surface area contributed by atoms with Crippen molar-refractivity contribution in [1.82, 2.24) is 0 Å². The summed E-state index contributed by atoms with van der Waals surface area (Å²) < 4.78 is 0.864. The number of Topliss-reactive ketones (excluding diaryl/α,β-unsaturated/α-hetero) is 1. The fourth-order valence-corrected chi connectivity index (χ4v) is 5.34. The van der Waals surface area contributed by atoms with Crippen LogP contribution in [0.2, 0.25) is 0 Å². The molecule has 1 atom stereocenters. The van der Waals surface area contributed by atoms with E-state index in [-0.39, 0.29) is 11.2 Å². The maximum absolute atomic E-state index is 13.6. The van der Waals surface area contributed by atoms with Gasteiger partial charge in [-0.15, -0.1) is 0 Å². The van der Waals surface area contributed by atoms with Gasteiger partial charge in [-0.25, -0.2) is 0 Å². The van der Waals surface area contributed by atoms with Crippen LogP contribution in [0.15, 0.2) is 69.6 Å². The number of allylic oxidation sites excluding steroid dienone is 3. The Bertz CT molecular complexity index is 1200. The van der Waals surface area contributed by atoms with Gasteiger partial charge in [0.25, 0.3) is 0 Å². The van der Waals surface area contributed by atoms with Crippen molar-refractivity contribution in [3.05, 3.63) is 86.3 Å². The van der Waals surface area contributed by atoms with E-state index in [1.807, 2.05) is 55.1 Å². The molecule has 0 spiro atoms. The minimum atomic E-state index is -0.442. The van der Waals surface area contributed by atoms with Crippen molar-refractivity contribution < 1.29 is 4.79 Å². The zero-order chi connectivity index (χ0) is 22.5. The summed E-state index contributed by atoms with van der Waals surface area (Å²) in [6.45, 7) is 8.29. The first-order valence-electron chi connectivity index (χ1n) is 10.4. The molecule has 0 saturated carbocycles. The van der Waals surface area contributed by atoms with Crippen molar-refractivity contribution in [3.8, 4) is 6.07 Å². The monoisotopic (exact) mass is 475 g/mol. The summed E-state index contributed by atoms with van der Waals surface area (Å²) in [6, 6.07) is 16.3. The average Bonchev–Trinajstić information content (AvgIpc) is 2.67. The number of halogens is 1. The van der Waals surface area contributed by atoms with E-state index in [9.17, 15) is 10.1 Å². The number of nitriles is 1. The summed E-state index contributed by atoms with van der Waals surface area (Å²) in [4.78, 5) is 15.5. The fraction of sp³-hybridized carbons (Fsp3) is 0.308. The molecule has 0 amide bonds. The van der Waals surface area contributed by atoms with Crippen LogP contribution < -0.4 is 10.6 Å². The number of rotatable bonds is 2. The topological polar surface area (TPSA) is 70.1 Å². The van der Waals surface area contributed by atoms with Crippen LogP contribution in [0.25, 0.3) is 0 Å². The maximum atomic E-state index is 13.6. The third-order valence-corrected chi connectivity index (χ3v) is 6.88. The van der Waals surface area contributed by atoms with Crippen LogP contribution in [-0.4, -0.2) is 5.78 Å². The second-order valence-corrected chi connectivity index (χ2v) is 10.1. The Morgan fingerprint density at radius 3 is 2.52 bits per heavy atom. The summed E-state index contributed by atoms with van der Waals surface area (Å²) in [7, 11) is 0. The van der Waals surface area contributed by atoms with Crippen molar-refractivity contribution in [3.63, 3.8) is 0 Å². The Kier molecular flexibility index (Phi) is 5.31. The molecule has 2 N–H and O–H groups in total. The summed E-state index contributed by atoms with van der Waals surface area (Å²) in [5, 5.41) is 10.2. The van der Waals surface area contributed by atoms with Gasteiger partial charge in [-0.2, -0.15) is 5.26 Å². The van der Waals surface area contributed by atoms with Gasteiger partial charge in [0.1, 0.15) is 5.82 Å². The summed E-state index contributed by atoms with van der Waals surface area (Å²) >= 11 is 3.63.